The van der Waals surface area contributed by atoms with Crippen LogP contribution in [0.2, 0.25) is 0 Å². The van der Waals surface area contributed by atoms with Gasteiger partial charge in [-0.05, 0) is 50.5 Å². The number of hydrogen-bond donors (Lipinski definition) is 1. The number of carbonyl (C=O) groups excluding carboxylic acids is 1. The van der Waals surface area contributed by atoms with Crippen molar-refractivity contribution in [3.63, 3.8) is 0 Å². The second-order valence-corrected chi connectivity index (χ2v) is 7.01. The molecule has 138 valence electrons. The van der Waals surface area contributed by atoms with Crippen LogP contribution in [0.3, 0.4) is 0 Å². The SMILES string of the molecule is Cc1cc(C)n(CCC(=O)N2CCC[C@H](c3ccc(C(=O)O)cc3)C2)n1. The molecular weight excluding hydrogens is 330 g/mol. The highest BCUT2D eigenvalue weighted by molar-refractivity contribution is 5.87. The molecule has 2 heterocycles. The maximum atomic E-state index is 12.6. The maximum Gasteiger partial charge on any atom is 0.335 e. The first-order valence-electron chi connectivity index (χ1n) is 9.06. The van der Waals surface area contributed by atoms with E-state index in [9.17, 15) is 9.59 Å². The number of benzene rings is 1. The summed E-state index contributed by atoms with van der Waals surface area (Å²) < 4.78 is 1.89. The first-order chi connectivity index (χ1) is 12.4. The van der Waals surface area contributed by atoms with Gasteiger partial charge in [0.1, 0.15) is 0 Å². The minimum Gasteiger partial charge on any atom is -0.478 e. The van der Waals surface area contributed by atoms with Gasteiger partial charge in [0, 0.05) is 37.7 Å². The van der Waals surface area contributed by atoms with Crippen molar-refractivity contribution < 1.29 is 14.7 Å². The number of carbonyl (C=O) groups is 2. The van der Waals surface area contributed by atoms with E-state index in [1.807, 2.05) is 41.6 Å². The minimum absolute atomic E-state index is 0.157. The van der Waals surface area contributed by atoms with E-state index in [-0.39, 0.29) is 11.8 Å². The normalized spacial score (nSPS) is 17.3. The van der Waals surface area contributed by atoms with E-state index in [0.29, 0.717) is 25.1 Å². The van der Waals surface area contributed by atoms with Gasteiger partial charge in [-0.2, -0.15) is 5.10 Å². The van der Waals surface area contributed by atoms with Crippen molar-refractivity contribution in [2.45, 2.75) is 45.6 Å². The molecule has 1 saturated heterocycles. The van der Waals surface area contributed by atoms with E-state index in [1.165, 1.54) is 0 Å². The van der Waals surface area contributed by atoms with Gasteiger partial charge in [-0.1, -0.05) is 12.1 Å². The Morgan fingerprint density at radius 3 is 2.58 bits per heavy atom. The highest BCUT2D eigenvalue weighted by Crippen LogP contribution is 2.27. The van der Waals surface area contributed by atoms with E-state index >= 15 is 0 Å². The number of aromatic nitrogens is 2. The zero-order valence-electron chi connectivity index (χ0n) is 15.3. The molecular formula is C20H25N3O3. The Kier molecular flexibility index (Phi) is 5.40. The van der Waals surface area contributed by atoms with Gasteiger partial charge >= 0.3 is 5.97 Å². The van der Waals surface area contributed by atoms with Gasteiger partial charge in [-0.25, -0.2) is 4.79 Å². The number of hydrogen-bond acceptors (Lipinski definition) is 3. The highest BCUT2D eigenvalue weighted by atomic mass is 16.4. The van der Waals surface area contributed by atoms with E-state index in [0.717, 1.165) is 36.3 Å². The van der Waals surface area contributed by atoms with Crippen LogP contribution >= 0.6 is 0 Å². The Balaban J connectivity index is 1.59. The van der Waals surface area contributed by atoms with Crippen LogP contribution in [0.4, 0.5) is 0 Å². The molecule has 0 saturated carbocycles. The number of carboxylic acid groups (broad SMARTS) is 1. The molecule has 26 heavy (non-hydrogen) atoms. The first kappa shape index (κ1) is 18.2. The Morgan fingerprint density at radius 1 is 1.23 bits per heavy atom. The monoisotopic (exact) mass is 355 g/mol. The topological polar surface area (TPSA) is 75.4 Å². The van der Waals surface area contributed by atoms with Crippen LogP contribution in [-0.4, -0.2) is 44.8 Å². The lowest BCUT2D eigenvalue weighted by Crippen LogP contribution is -2.39. The summed E-state index contributed by atoms with van der Waals surface area (Å²) in [4.78, 5) is 25.5. The second-order valence-electron chi connectivity index (χ2n) is 7.01. The molecule has 0 unspecified atom stereocenters. The summed E-state index contributed by atoms with van der Waals surface area (Å²) in [5.74, 6) is -0.491. The van der Waals surface area contributed by atoms with Crippen LogP contribution in [0.5, 0.6) is 0 Å². The summed E-state index contributed by atoms with van der Waals surface area (Å²) in [7, 11) is 0. The molecule has 0 spiro atoms. The first-order valence-corrected chi connectivity index (χ1v) is 9.06. The zero-order chi connectivity index (χ0) is 18.7. The van der Waals surface area contributed by atoms with Crippen LogP contribution in [0.25, 0.3) is 0 Å². The maximum absolute atomic E-state index is 12.6. The Morgan fingerprint density at radius 2 is 1.96 bits per heavy atom. The lowest BCUT2D eigenvalue weighted by molar-refractivity contribution is -0.132. The molecule has 1 aromatic carbocycles. The largest absolute Gasteiger partial charge is 0.478 e. The van der Waals surface area contributed by atoms with Gasteiger partial charge in [0.25, 0.3) is 0 Å². The number of rotatable bonds is 5. The molecule has 0 aliphatic carbocycles. The molecule has 1 aliphatic rings. The smallest absolute Gasteiger partial charge is 0.335 e. The summed E-state index contributed by atoms with van der Waals surface area (Å²) >= 11 is 0. The standard InChI is InChI=1S/C20H25N3O3/c1-14-12-15(2)23(21-14)11-9-19(24)22-10-3-4-18(13-22)16-5-7-17(8-6-16)20(25)26/h5-8,12,18H,3-4,9-11,13H2,1-2H3,(H,25,26)/t18-/m0/s1. The van der Waals surface area contributed by atoms with Gasteiger partial charge < -0.3 is 10.0 Å². The van der Waals surface area contributed by atoms with Gasteiger partial charge in [0.05, 0.1) is 11.3 Å². The van der Waals surface area contributed by atoms with Crippen LogP contribution < -0.4 is 0 Å². The predicted octanol–water partition coefficient (Wildman–Crippen LogP) is 2.99. The van der Waals surface area contributed by atoms with Crippen molar-refractivity contribution in [2.24, 2.45) is 0 Å². The fourth-order valence-electron chi connectivity index (χ4n) is 3.63. The molecule has 0 bridgehead atoms. The second kappa shape index (κ2) is 7.72. The number of aromatic carboxylic acids is 1. The molecule has 6 nitrogen and oxygen atoms in total. The summed E-state index contributed by atoms with van der Waals surface area (Å²) in [5.41, 5.74) is 3.44. The van der Waals surface area contributed by atoms with Crippen LogP contribution in [-0.2, 0) is 11.3 Å². The number of amides is 1. The Bertz CT molecular complexity index is 795. The number of piperidine rings is 1. The van der Waals surface area contributed by atoms with Gasteiger partial charge in [0.15, 0.2) is 0 Å². The van der Waals surface area contributed by atoms with Crippen molar-refractivity contribution in [2.75, 3.05) is 13.1 Å². The summed E-state index contributed by atoms with van der Waals surface area (Å²) in [6, 6.07) is 9.04. The van der Waals surface area contributed by atoms with Crippen LogP contribution in [0.1, 0.15) is 52.5 Å². The highest BCUT2D eigenvalue weighted by Gasteiger charge is 2.24. The molecule has 1 aromatic heterocycles. The van der Waals surface area contributed by atoms with Gasteiger partial charge in [-0.15, -0.1) is 0 Å². The molecule has 2 aromatic rings. The van der Waals surface area contributed by atoms with E-state index in [4.69, 9.17) is 5.11 Å². The summed E-state index contributed by atoms with van der Waals surface area (Å²) in [6.45, 7) is 6.05. The summed E-state index contributed by atoms with van der Waals surface area (Å²) in [5, 5.41) is 13.4. The third-order valence-electron chi connectivity index (χ3n) is 5.04. The number of nitrogens with zero attached hydrogens (tertiary/aromatic N) is 3. The molecule has 6 heteroatoms. The average molecular weight is 355 g/mol. The fraction of sp³-hybridized carbons (Fsp3) is 0.450. The third-order valence-corrected chi connectivity index (χ3v) is 5.04. The zero-order valence-corrected chi connectivity index (χ0v) is 15.3. The summed E-state index contributed by atoms with van der Waals surface area (Å²) in [6.07, 6.45) is 2.44. The quantitative estimate of drug-likeness (QED) is 0.895. The van der Waals surface area contributed by atoms with Gasteiger partial charge in [0.2, 0.25) is 5.91 Å². The predicted molar refractivity (Wildman–Crippen MR) is 98.3 cm³/mol. The van der Waals surface area contributed by atoms with Crippen LogP contribution in [0.15, 0.2) is 30.3 Å². The Hall–Kier alpha value is -2.63. The molecule has 0 radical (unpaired) electrons. The number of aryl methyl sites for hydroxylation is 3. The lowest BCUT2D eigenvalue weighted by Gasteiger charge is -2.33. The van der Waals surface area contributed by atoms with Crippen molar-refractivity contribution in [1.82, 2.24) is 14.7 Å². The molecule has 1 amide bonds. The van der Waals surface area contributed by atoms with Crippen LogP contribution in [0, 0.1) is 13.8 Å². The van der Waals surface area contributed by atoms with Crippen molar-refractivity contribution >= 4 is 11.9 Å². The molecule has 1 atom stereocenters. The van der Waals surface area contributed by atoms with E-state index < -0.39 is 5.97 Å². The number of likely N-dealkylation sites (tertiary alicyclic amines) is 1. The third kappa shape index (κ3) is 4.12. The Labute approximate surface area is 153 Å². The van der Waals surface area contributed by atoms with Gasteiger partial charge in [-0.3, -0.25) is 9.48 Å². The number of carboxylic acids is 1. The van der Waals surface area contributed by atoms with Crippen molar-refractivity contribution in [3.05, 3.63) is 52.8 Å². The van der Waals surface area contributed by atoms with E-state index in [2.05, 4.69) is 5.10 Å². The van der Waals surface area contributed by atoms with Crippen molar-refractivity contribution in [3.8, 4) is 0 Å². The van der Waals surface area contributed by atoms with E-state index in [1.54, 1.807) is 12.1 Å². The molecule has 1 aliphatic heterocycles. The van der Waals surface area contributed by atoms with Crippen molar-refractivity contribution in [1.29, 1.82) is 0 Å². The molecule has 1 fully saturated rings. The molecule has 1 N–H and O–H groups in total. The lowest BCUT2D eigenvalue weighted by atomic mass is 9.90. The molecule has 3 rings (SSSR count). The average Bonchev–Trinajstić information content (AvgIpc) is 2.97. The fourth-order valence-corrected chi connectivity index (χ4v) is 3.63. The minimum atomic E-state index is -0.916.